The van der Waals surface area contributed by atoms with Crippen LogP contribution < -0.4 is 15.8 Å². The van der Waals surface area contributed by atoms with E-state index >= 15 is 0 Å². The molecule has 0 unspecified atom stereocenters. The quantitative estimate of drug-likeness (QED) is 0.0455. The molecule has 2 aromatic heterocycles. The SMILES string of the molecule is CC(C)(C)c1cc(CCC(=O)Cc2ccc(C(O)(CO)CO)cc2)n(-c2cccc(Cl)c2)n1.CC(C)(C)c1cc(CN)n(-c2cccc(Cl)c2)n1.O=C(Nc1ccc(C(O)(CO)CO)cc1)Oc1ccccc1. The molecule has 0 spiro atoms. The van der Waals surface area contributed by atoms with E-state index in [1.807, 2.05) is 70.0 Å². The minimum absolute atomic E-state index is 0.00768. The molecule has 0 atom stereocenters. The Morgan fingerprint density at radius 2 is 1.05 bits per heavy atom. The van der Waals surface area contributed by atoms with Gasteiger partial charge >= 0.3 is 6.09 Å². The summed E-state index contributed by atoms with van der Waals surface area (Å²) in [6, 6.07) is 40.7. The van der Waals surface area contributed by atoms with Crippen LogP contribution in [0.25, 0.3) is 11.4 Å². The van der Waals surface area contributed by atoms with Gasteiger partial charge in [0.15, 0.2) is 0 Å². The van der Waals surface area contributed by atoms with Crippen molar-refractivity contribution < 1.29 is 45.0 Å². The zero-order valence-electron chi connectivity index (χ0n) is 42.0. The Kier molecular flexibility index (Phi) is 20.2. The van der Waals surface area contributed by atoms with Gasteiger partial charge in [-0.05, 0) is 95.9 Å². The minimum atomic E-state index is -1.71. The first-order valence-corrected chi connectivity index (χ1v) is 24.3. The van der Waals surface area contributed by atoms with Crippen LogP contribution in [0.5, 0.6) is 5.75 Å². The van der Waals surface area contributed by atoms with E-state index in [1.165, 1.54) is 24.3 Å². The number of amides is 1. The van der Waals surface area contributed by atoms with E-state index in [0.717, 1.165) is 39.7 Å². The van der Waals surface area contributed by atoms with E-state index in [-0.39, 0.29) is 23.0 Å². The first-order valence-electron chi connectivity index (χ1n) is 23.6. The monoisotopic (exact) mass is 1040 g/mol. The number of carbonyl (C=O) groups is 2. The zero-order chi connectivity index (χ0) is 53.6. The Morgan fingerprint density at radius 1 is 0.603 bits per heavy atom. The largest absolute Gasteiger partial charge is 0.417 e. The number of rotatable bonds is 16. The lowest BCUT2D eigenvalue weighted by molar-refractivity contribution is -0.118. The molecule has 0 aliphatic rings. The lowest BCUT2D eigenvalue weighted by Gasteiger charge is -2.23. The van der Waals surface area contributed by atoms with Crippen molar-refractivity contribution in [1.29, 1.82) is 0 Å². The number of para-hydroxylation sites is 1. The maximum atomic E-state index is 12.7. The van der Waals surface area contributed by atoms with Crippen LogP contribution in [-0.2, 0) is 46.2 Å². The molecule has 7 rings (SSSR count). The highest BCUT2D eigenvalue weighted by Gasteiger charge is 2.29. The summed E-state index contributed by atoms with van der Waals surface area (Å²) >= 11 is 12.2. The highest BCUT2D eigenvalue weighted by Crippen LogP contribution is 2.28. The van der Waals surface area contributed by atoms with Crippen LogP contribution in [0.15, 0.2) is 140 Å². The second-order valence-corrected chi connectivity index (χ2v) is 20.4. The Bertz CT molecular complexity index is 2870. The van der Waals surface area contributed by atoms with Crippen LogP contribution in [0, 0.1) is 0 Å². The summed E-state index contributed by atoms with van der Waals surface area (Å²) in [5, 5.41) is 70.3. The molecule has 0 fully saturated rings. The number of aromatic nitrogens is 4. The number of nitrogens with two attached hydrogens (primary N) is 1. The van der Waals surface area contributed by atoms with Crippen LogP contribution in [-0.4, -0.2) is 88.5 Å². The first kappa shape index (κ1) is 57.7. The predicted octanol–water partition coefficient (Wildman–Crippen LogP) is 8.49. The molecule has 1 amide bonds. The van der Waals surface area contributed by atoms with E-state index in [0.29, 0.717) is 52.0 Å². The molecule has 0 aliphatic carbocycles. The van der Waals surface area contributed by atoms with Gasteiger partial charge in [0.25, 0.3) is 0 Å². The third-order valence-corrected chi connectivity index (χ3v) is 12.1. The van der Waals surface area contributed by atoms with Crippen molar-refractivity contribution >= 4 is 40.8 Å². The van der Waals surface area contributed by atoms with Crippen LogP contribution in [0.3, 0.4) is 0 Å². The maximum absolute atomic E-state index is 12.7. The van der Waals surface area contributed by atoms with E-state index in [4.69, 9.17) is 49.0 Å². The Labute approximate surface area is 436 Å². The molecule has 73 heavy (non-hydrogen) atoms. The summed E-state index contributed by atoms with van der Waals surface area (Å²) in [4.78, 5) is 24.4. The number of anilines is 1. The highest BCUT2D eigenvalue weighted by atomic mass is 35.5. The van der Waals surface area contributed by atoms with Gasteiger partial charge in [0.05, 0.1) is 54.9 Å². The van der Waals surface area contributed by atoms with Gasteiger partial charge in [-0.1, -0.05) is 131 Å². The van der Waals surface area contributed by atoms with Crippen molar-refractivity contribution in [3.05, 3.63) is 189 Å². The lowest BCUT2D eigenvalue weighted by atomic mass is 9.92. The van der Waals surface area contributed by atoms with Crippen molar-refractivity contribution in [3.8, 4) is 17.1 Å². The number of carbonyl (C=O) groups excluding carboxylic acids is 2. The lowest BCUT2D eigenvalue weighted by Crippen LogP contribution is -2.34. The molecule has 0 radical (unpaired) electrons. The molecule has 0 aliphatic heterocycles. The van der Waals surface area contributed by atoms with Gasteiger partial charge in [-0.25, -0.2) is 14.2 Å². The number of nitrogens with one attached hydrogen (secondary N) is 1. The molecular weight excluding hydrogens is 972 g/mol. The number of hydrogen-bond acceptors (Lipinski definition) is 12. The average molecular weight is 1040 g/mol. The normalized spacial score (nSPS) is 11.8. The Morgan fingerprint density at radius 3 is 1.49 bits per heavy atom. The zero-order valence-corrected chi connectivity index (χ0v) is 43.5. The molecule has 7 aromatic rings. The van der Waals surface area contributed by atoms with Gasteiger partial charge < -0.3 is 41.1 Å². The second-order valence-electron chi connectivity index (χ2n) is 19.5. The fourth-order valence-electron chi connectivity index (χ4n) is 7.14. The molecule has 0 saturated heterocycles. The fraction of sp³-hybridized carbons (Fsp3) is 0.321. The van der Waals surface area contributed by atoms with Gasteiger partial charge in [-0.2, -0.15) is 10.2 Å². The molecule has 9 N–H and O–H groups in total. The number of nitrogens with zero attached hydrogens (tertiary/aromatic N) is 4. The smallest absolute Gasteiger partial charge is 0.410 e. The number of benzene rings is 5. The van der Waals surface area contributed by atoms with E-state index in [1.54, 1.807) is 48.5 Å². The molecule has 0 saturated carbocycles. The van der Waals surface area contributed by atoms with E-state index < -0.39 is 43.7 Å². The summed E-state index contributed by atoms with van der Waals surface area (Å²) < 4.78 is 8.81. The van der Waals surface area contributed by atoms with Crippen molar-refractivity contribution in [1.82, 2.24) is 19.6 Å². The number of aliphatic hydroxyl groups excluding tert-OH is 4. The number of aliphatic hydroxyl groups is 6. The van der Waals surface area contributed by atoms with Crippen LogP contribution >= 0.6 is 23.2 Å². The Balaban J connectivity index is 0.000000215. The van der Waals surface area contributed by atoms with Crippen molar-refractivity contribution in [2.75, 3.05) is 31.7 Å². The number of Topliss-reactive ketones (excluding diaryl/α,β-unsaturated/α-hetero) is 1. The Hall–Kier alpha value is -6.24. The summed E-state index contributed by atoms with van der Waals surface area (Å²) in [5.41, 5.74) is 10.0. The van der Waals surface area contributed by atoms with Crippen molar-refractivity contribution in [3.63, 3.8) is 0 Å². The third kappa shape index (κ3) is 16.1. The summed E-state index contributed by atoms with van der Waals surface area (Å²) in [5.74, 6) is 0.505. The van der Waals surface area contributed by atoms with Gasteiger partial charge in [-0.15, -0.1) is 0 Å². The van der Waals surface area contributed by atoms with E-state index in [9.17, 15) is 30.0 Å². The standard InChI is InChI=1S/C26H31ClN2O4.C16H17NO5.C14H18ClN3/c1-25(2,3)24-15-22(29(28-24)21-6-4-5-20(27)14-21)11-12-23(32)13-18-7-9-19(10-8-18)26(33,16-30)17-31;18-10-16(21,11-19)12-6-8-13(9-7-12)17-15(20)22-14-4-2-1-3-5-14;1-14(2,3)13-8-12(9-16)18(17-13)11-6-4-5-10(15)7-11/h4-10,14-15,30-31,33H,11-13,16-17H2,1-3H3;1-9,18-19,21H,10-11H2,(H,17,20);4-8H,9,16H2,1-3H3. The second kappa shape index (κ2) is 25.6. The highest BCUT2D eigenvalue weighted by molar-refractivity contribution is 6.31. The van der Waals surface area contributed by atoms with Crippen LogP contribution in [0.1, 0.15) is 87.4 Å². The topological polar surface area (TPSA) is 238 Å². The summed E-state index contributed by atoms with van der Waals surface area (Å²) in [6.07, 6.45) is 0.517. The molecule has 2 heterocycles. The maximum Gasteiger partial charge on any atom is 0.417 e. The number of aryl methyl sites for hydroxylation is 1. The molecular formula is C56H66Cl2N6O9. The van der Waals surface area contributed by atoms with Crippen LogP contribution in [0.4, 0.5) is 10.5 Å². The third-order valence-electron chi connectivity index (χ3n) is 11.6. The summed E-state index contributed by atoms with van der Waals surface area (Å²) in [7, 11) is 0. The first-order chi connectivity index (χ1) is 34.5. The van der Waals surface area contributed by atoms with Gasteiger partial charge in [0, 0.05) is 51.6 Å². The molecule has 388 valence electrons. The van der Waals surface area contributed by atoms with Crippen LogP contribution in [0.2, 0.25) is 10.0 Å². The minimum Gasteiger partial charge on any atom is -0.410 e. The van der Waals surface area contributed by atoms with E-state index in [2.05, 4.69) is 58.0 Å². The molecule has 0 bridgehead atoms. The van der Waals surface area contributed by atoms with Gasteiger partial charge in [-0.3, -0.25) is 10.1 Å². The fourth-order valence-corrected chi connectivity index (χ4v) is 7.51. The van der Waals surface area contributed by atoms with Crippen molar-refractivity contribution in [2.24, 2.45) is 5.73 Å². The van der Waals surface area contributed by atoms with Gasteiger partial charge in [0.1, 0.15) is 22.7 Å². The van der Waals surface area contributed by atoms with Crippen molar-refractivity contribution in [2.45, 2.75) is 89.4 Å². The molecule has 17 heteroatoms. The van der Waals surface area contributed by atoms with Gasteiger partial charge in [0.2, 0.25) is 0 Å². The predicted molar refractivity (Wildman–Crippen MR) is 285 cm³/mol. The summed E-state index contributed by atoms with van der Waals surface area (Å²) in [6.45, 7) is 10.8. The number of ketones is 1. The molecule has 15 nitrogen and oxygen atoms in total. The average Bonchev–Trinajstić information content (AvgIpc) is 4.03. The number of ether oxygens (including phenoxy) is 1. The number of hydrogen-bond donors (Lipinski definition) is 8. The molecule has 5 aromatic carbocycles. The number of halogens is 2.